The third-order valence-corrected chi connectivity index (χ3v) is 4.11. The van der Waals surface area contributed by atoms with Gasteiger partial charge in [-0.2, -0.15) is 0 Å². The third kappa shape index (κ3) is 4.47. The number of rotatable bonds is 4. The Balaban J connectivity index is 1.75. The summed E-state index contributed by atoms with van der Waals surface area (Å²) in [6.45, 7) is 1.98. The van der Waals surface area contributed by atoms with E-state index in [0.29, 0.717) is 21.4 Å². The quantitative estimate of drug-likeness (QED) is 0.669. The van der Waals surface area contributed by atoms with Gasteiger partial charge >= 0.3 is 0 Å². The number of halogens is 2. The molecule has 0 atom stereocenters. The average Bonchev–Trinajstić information content (AvgIpc) is 2.60. The molecule has 5 nitrogen and oxygen atoms in total. The maximum Gasteiger partial charge on any atom is 0.274 e. The lowest BCUT2D eigenvalue weighted by Crippen LogP contribution is -2.14. The summed E-state index contributed by atoms with van der Waals surface area (Å²) in [7, 11) is 0. The first kappa shape index (κ1) is 17.2. The summed E-state index contributed by atoms with van der Waals surface area (Å²) < 4.78 is 0. The van der Waals surface area contributed by atoms with Crippen molar-refractivity contribution in [1.29, 1.82) is 0 Å². The van der Waals surface area contributed by atoms with Crippen molar-refractivity contribution in [3.63, 3.8) is 0 Å². The summed E-state index contributed by atoms with van der Waals surface area (Å²) in [5.74, 6) is -0.0293. The Morgan fingerprint density at radius 1 is 0.960 bits per heavy atom. The van der Waals surface area contributed by atoms with E-state index >= 15 is 0 Å². The topological polar surface area (TPSA) is 66.9 Å². The second-order valence-electron chi connectivity index (χ2n) is 5.34. The van der Waals surface area contributed by atoms with Gasteiger partial charge in [0.2, 0.25) is 5.95 Å². The van der Waals surface area contributed by atoms with Crippen molar-refractivity contribution >= 4 is 46.4 Å². The lowest BCUT2D eigenvalue weighted by molar-refractivity contribution is 0.102. The van der Waals surface area contributed by atoms with E-state index in [4.69, 9.17) is 23.2 Å². The van der Waals surface area contributed by atoms with Gasteiger partial charge < -0.3 is 10.6 Å². The second kappa shape index (κ2) is 7.51. The van der Waals surface area contributed by atoms with E-state index < -0.39 is 0 Å². The monoisotopic (exact) mass is 372 g/mol. The number of nitrogens with one attached hydrogen (secondary N) is 2. The third-order valence-electron chi connectivity index (χ3n) is 3.37. The molecule has 0 saturated carbocycles. The Hall–Kier alpha value is -2.63. The van der Waals surface area contributed by atoms with Crippen molar-refractivity contribution in [2.75, 3.05) is 10.6 Å². The van der Waals surface area contributed by atoms with E-state index in [2.05, 4.69) is 20.6 Å². The molecule has 0 fully saturated rings. The van der Waals surface area contributed by atoms with Gasteiger partial charge in [-0.05, 0) is 43.3 Å². The highest BCUT2D eigenvalue weighted by atomic mass is 35.5. The molecule has 3 rings (SSSR count). The van der Waals surface area contributed by atoms with Crippen LogP contribution in [0.15, 0.2) is 54.7 Å². The van der Waals surface area contributed by atoms with Crippen LogP contribution in [0.1, 0.15) is 16.1 Å². The molecule has 7 heteroatoms. The van der Waals surface area contributed by atoms with Crippen LogP contribution in [-0.2, 0) is 0 Å². The van der Waals surface area contributed by atoms with Crippen molar-refractivity contribution in [1.82, 2.24) is 9.97 Å². The van der Waals surface area contributed by atoms with Gasteiger partial charge in [0.25, 0.3) is 5.91 Å². The van der Waals surface area contributed by atoms with Crippen LogP contribution in [0.5, 0.6) is 0 Å². The fourth-order valence-corrected chi connectivity index (χ4v) is 2.38. The van der Waals surface area contributed by atoms with Gasteiger partial charge in [0.1, 0.15) is 5.69 Å². The van der Waals surface area contributed by atoms with E-state index in [1.54, 1.807) is 24.3 Å². The summed E-state index contributed by atoms with van der Waals surface area (Å²) >= 11 is 11.9. The molecule has 0 radical (unpaired) electrons. The molecule has 0 saturated heterocycles. The van der Waals surface area contributed by atoms with Crippen LogP contribution in [0.4, 0.5) is 17.3 Å². The zero-order valence-corrected chi connectivity index (χ0v) is 14.8. The first-order valence-electron chi connectivity index (χ1n) is 7.44. The summed E-state index contributed by atoms with van der Waals surface area (Å²) in [6, 6.07) is 14.1. The fourth-order valence-electron chi connectivity index (χ4n) is 2.08. The van der Waals surface area contributed by atoms with E-state index in [9.17, 15) is 4.79 Å². The smallest absolute Gasteiger partial charge is 0.274 e. The first-order valence-corrected chi connectivity index (χ1v) is 8.20. The highest BCUT2D eigenvalue weighted by Crippen LogP contribution is 2.26. The molecule has 25 heavy (non-hydrogen) atoms. The van der Waals surface area contributed by atoms with E-state index in [0.717, 1.165) is 5.56 Å². The molecule has 126 valence electrons. The summed E-state index contributed by atoms with van der Waals surface area (Å²) in [6.07, 6.45) is 1.51. The summed E-state index contributed by atoms with van der Waals surface area (Å²) in [5, 5.41) is 6.67. The van der Waals surface area contributed by atoms with Crippen molar-refractivity contribution in [2.24, 2.45) is 0 Å². The standard InChI is InChI=1S/C18H14Cl2N4O/c1-11-2-4-12(5-3-11)22-17(25)16-8-9-21-18(24-16)23-13-6-7-14(19)15(20)10-13/h2-10H,1H3,(H,22,25)(H,21,23,24). The molecule has 0 aliphatic heterocycles. The number of anilines is 3. The molecule has 1 aromatic heterocycles. The highest BCUT2D eigenvalue weighted by molar-refractivity contribution is 6.42. The normalized spacial score (nSPS) is 10.4. The fraction of sp³-hybridized carbons (Fsp3) is 0.0556. The summed E-state index contributed by atoms with van der Waals surface area (Å²) in [4.78, 5) is 20.7. The van der Waals surface area contributed by atoms with Crippen molar-refractivity contribution in [3.8, 4) is 0 Å². The number of carbonyl (C=O) groups excluding carboxylic acids is 1. The predicted octanol–water partition coefficient (Wildman–Crippen LogP) is 5.09. The molecular weight excluding hydrogens is 359 g/mol. The minimum Gasteiger partial charge on any atom is -0.324 e. The number of aromatic nitrogens is 2. The number of benzene rings is 2. The van der Waals surface area contributed by atoms with Crippen LogP contribution in [0.3, 0.4) is 0 Å². The van der Waals surface area contributed by atoms with Gasteiger partial charge in [0.05, 0.1) is 10.0 Å². The number of hydrogen-bond donors (Lipinski definition) is 2. The molecule has 0 bridgehead atoms. The Labute approximate surface area is 155 Å². The van der Waals surface area contributed by atoms with Crippen LogP contribution in [0.25, 0.3) is 0 Å². The summed E-state index contributed by atoms with van der Waals surface area (Å²) in [5.41, 5.74) is 2.74. The molecule has 3 aromatic rings. The van der Waals surface area contributed by atoms with Gasteiger partial charge in [-0.25, -0.2) is 9.97 Å². The number of carbonyl (C=O) groups is 1. The second-order valence-corrected chi connectivity index (χ2v) is 6.15. The number of nitrogens with zero attached hydrogens (tertiary/aromatic N) is 2. The first-order chi connectivity index (χ1) is 12.0. The Bertz CT molecular complexity index is 913. The molecule has 0 spiro atoms. The van der Waals surface area contributed by atoms with Crippen molar-refractivity contribution < 1.29 is 4.79 Å². The zero-order valence-electron chi connectivity index (χ0n) is 13.3. The maximum absolute atomic E-state index is 12.3. The van der Waals surface area contributed by atoms with Crippen LogP contribution < -0.4 is 10.6 Å². The molecule has 0 aliphatic rings. The number of amides is 1. The molecule has 1 amide bonds. The van der Waals surface area contributed by atoms with Gasteiger partial charge in [0.15, 0.2) is 0 Å². The van der Waals surface area contributed by atoms with Crippen LogP contribution in [0.2, 0.25) is 10.0 Å². The minimum absolute atomic E-state index is 0.248. The molecule has 2 N–H and O–H groups in total. The van der Waals surface area contributed by atoms with Crippen molar-refractivity contribution in [2.45, 2.75) is 6.92 Å². The molecule has 1 heterocycles. The molecular formula is C18H14Cl2N4O. The molecule has 0 aliphatic carbocycles. The van der Waals surface area contributed by atoms with Crippen molar-refractivity contribution in [3.05, 3.63) is 76.0 Å². The largest absolute Gasteiger partial charge is 0.324 e. The number of aryl methyl sites for hydroxylation is 1. The Kier molecular flexibility index (Phi) is 5.16. The Morgan fingerprint density at radius 3 is 2.40 bits per heavy atom. The minimum atomic E-state index is -0.316. The predicted molar refractivity (Wildman–Crippen MR) is 101 cm³/mol. The van der Waals surface area contributed by atoms with E-state index in [1.807, 2.05) is 31.2 Å². The van der Waals surface area contributed by atoms with E-state index in [1.165, 1.54) is 6.20 Å². The zero-order chi connectivity index (χ0) is 17.8. The van der Waals surface area contributed by atoms with E-state index in [-0.39, 0.29) is 17.5 Å². The van der Waals surface area contributed by atoms with Gasteiger partial charge in [-0.1, -0.05) is 40.9 Å². The maximum atomic E-state index is 12.3. The lowest BCUT2D eigenvalue weighted by atomic mass is 10.2. The molecule has 2 aromatic carbocycles. The SMILES string of the molecule is Cc1ccc(NC(=O)c2ccnc(Nc3ccc(Cl)c(Cl)c3)n2)cc1. The van der Waals surface area contributed by atoms with Gasteiger partial charge in [-0.15, -0.1) is 0 Å². The van der Waals surface area contributed by atoms with Crippen LogP contribution >= 0.6 is 23.2 Å². The van der Waals surface area contributed by atoms with Crippen LogP contribution in [0, 0.1) is 6.92 Å². The lowest BCUT2D eigenvalue weighted by Gasteiger charge is -2.08. The average molecular weight is 373 g/mol. The van der Waals surface area contributed by atoms with Gasteiger partial charge in [0, 0.05) is 17.6 Å². The van der Waals surface area contributed by atoms with Crippen LogP contribution in [-0.4, -0.2) is 15.9 Å². The number of hydrogen-bond acceptors (Lipinski definition) is 4. The highest BCUT2D eigenvalue weighted by Gasteiger charge is 2.10. The molecule has 0 unspecified atom stereocenters. The Morgan fingerprint density at radius 2 is 1.68 bits per heavy atom. The van der Waals surface area contributed by atoms with Gasteiger partial charge in [-0.3, -0.25) is 4.79 Å².